The average Bonchev–Trinajstić information content (AvgIpc) is 3.26. The number of hydrogen-bond donors (Lipinski definition) is 0. The summed E-state index contributed by atoms with van der Waals surface area (Å²) in [4.78, 5) is 0. The highest BCUT2D eigenvalue weighted by atomic mass is 16.3. The smallest absolute Gasteiger partial charge is 0.136 e. The number of furan rings is 2. The molecule has 0 spiro atoms. The summed E-state index contributed by atoms with van der Waals surface area (Å²) in [5, 5.41) is 3.32. The molecule has 0 aliphatic carbocycles. The van der Waals surface area contributed by atoms with Gasteiger partial charge in [0.15, 0.2) is 0 Å². The summed E-state index contributed by atoms with van der Waals surface area (Å²) in [6, 6.07) is 21.2. The molecule has 0 saturated carbocycles. The molecule has 3 aromatic carbocycles. The fourth-order valence-corrected chi connectivity index (χ4v) is 4.13. The van der Waals surface area contributed by atoms with E-state index in [-0.39, 0.29) is 0 Å². The maximum absolute atomic E-state index is 6.33. The Kier molecular flexibility index (Phi) is 4.20. The van der Waals surface area contributed by atoms with Gasteiger partial charge in [-0.1, -0.05) is 61.7 Å². The largest absolute Gasteiger partial charge is 0.456 e. The van der Waals surface area contributed by atoms with Gasteiger partial charge in [0.25, 0.3) is 0 Å². The van der Waals surface area contributed by atoms with E-state index in [1.165, 1.54) is 36.0 Å². The minimum atomic E-state index is 0.910. The first-order valence-corrected chi connectivity index (χ1v) is 10.2. The van der Waals surface area contributed by atoms with Crippen molar-refractivity contribution in [1.82, 2.24) is 0 Å². The molecule has 0 saturated heterocycles. The topological polar surface area (TPSA) is 26.3 Å². The molecule has 0 bridgehead atoms. The summed E-state index contributed by atoms with van der Waals surface area (Å²) in [5.74, 6) is 0.943. The molecule has 0 radical (unpaired) electrons. The lowest BCUT2D eigenvalue weighted by Crippen LogP contribution is -1.91. The number of rotatable bonds is 5. The van der Waals surface area contributed by atoms with Gasteiger partial charge in [-0.05, 0) is 49.6 Å². The van der Waals surface area contributed by atoms with E-state index in [1.54, 1.807) is 0 Å². The predicted octanol–water partition coefficient (Wildman–Crippen LogP) is 8.04. The Bertz CT molecular complexity index is 1290. The van der Waals surface area contributed by atoms with Crippen LogP contribution in [0.1, 0.15) is 37.3 Å². The lowest BCUT2D eigenvalue weighted by atomic mass is 9.97. The van der Waals surface area contributed by atoms with Crippen LogP contribution in [0.4, 0.5) is 0 Å². The van der Waals surface area contributed by atoms with Crippen molar-refractivity contribution in [3.63, 3.8) is 0 Å². The third kappa shape index (κ3) is 2.90. The molecule has 0 unspecified atom stereocenters. The van der Waals surface area contributed by atoms with Crippen LogP contribution in [0.5, 0.6) is 0 Å². The van der Waals surface area contributed by atoms with Gasteiger partial charge in [-0.25, -0.2) is 0 Å². The zero-order valence-electron chi connectivity index (χ0n) is 16.4. The molecule has 2 nitrogen and oxygen atoms in total. The molecule has 2 aromatic heterocycles. The maximum atomic E-state index is 6.33. The molecule has 0 fully saturated rings. The quantitative estimate of drug-likeness (QED) is 0.293. The summed E-state index contributed by atoms with van der Waals surface area (Å²) < 4.78 is 12.4. The number of unbranched alkanes of at least 4 members (excludes halogenated alkanes) is 2. The van der Waals surface area contributed by atoms with Gasteiger partial charge in [-0.3, -0.25) is 0 Å². The van der Waals surface area contributed by atoms with E-state index in [4.69, 9.17) is 8.83 Å². The van der Waals surface area contributed by atoms with E-state index in [0.717, 1.165) is 45.1 Å². The van der Waals surface area contributed by atoms with Gasteiger partial charge in [-0.15, -0.1) is 0 Å². The SMILES string of the molecule is CCCCCc1cc(C)ccc1-c1cc2cc3oc4ccccc4c3cc2o1. The van der Waals surface area contributed by atoms with Gasteiger partial charge in [0, 0.05) is 21.7 Å². The molecule has 28 heavy (non-hydrogen) atoms. The fraction of sp³-hybridized carbons (Fsp3) is 0.231. The molecule has 2 heterocycles. The van der Waals surface area contributed by atoms with E-state index in [0.29, 0.717) is 0 Å². The molecular formula is C26H24O2. The third-order valence-corrected chi connectivity index (χ3v) is 5.59. The Morgan fingerprint density at radius 3 is 2.54 bits per heavy atom. The highest BCUT2D eigenvalue weighted by molar-refractivity contribution is 6.09. The normalized spacial score (nSPS) is 11.8. The summed E-state index contributed by atoms with van der Waals surface area (Å²) in [5.41, 5.74) is 6.63. The van der Waals surface area contributed by atoms with Crippen molar-refractivity contribution in [2.75, 3.05) is 0 Å². The number of hydrogen-bond acceptors (Lipinski definition) is 2. The second-order valence-corrected chi connectivity index (χ2v) is 7.71. The van der Waals surface area contributed by atoms with Gasteiger partial charge < -0.3 is 8.83 Å². The minimum Gasteiger partial charge on any atom is -0.456 e. The maximum Gasteiger partial charge on any atom is 0.136 e. The Morgan fingerprint density at radius 1 is 0.750 bits per heavy atom. The molecule has 0 aliphatic heterocycles. The van der Waals surface area contributed by atoms with Crippen LogP contribution in [-0.4, -0.2) is 0 Å². The summed E-state index contributed by atoms with van der Waals surface area (Å²) in [6.07, 6.45) is 4.80. The second-order valence-electron chi connectivity index (χ2n) is 7.71. The molecule has 0 aliphatic rings. The van der Waals surface area contributed by atoms with Crippen LogP contribution in [0.25, 0.3) is 44.2 Å². The fourth-order valence-electron chi connectivity index (χ4n) is 4.13. The predicted molar refractivity (Wildman–Crippen MR) is 117 cm³/mol. The van der Waals surface area contributed by atoms with Crippen molar-refractivity contribution < 1.29 is 8.83 Å². The number of benzene rings is 3. The lowest BCUT2D eigenvalue weighted by molar-refractivity contribution is 0.629. The first-order valence-electron chi connectivity index (χ1n) is 10.2. The van der Waals surface area contributed by atoms with Crippen LogP contribution in [0.15, 0.2) is 69.5 Å². The van der Waals surface area contributed by atoms with E-state index in [9.17, 15) is 0 Å². The van der Waals surface area contributed by atoms with Crippen molar-refractivity contribution in [3.05, 3.63) is 71.8 Å². The van der Waals surface area contributed by atoms with E-state index >= 15 is 0 Å². The standard InChI is InChI=1S/C26H24O2/c1-3-4-5-8-18-13-17(2)11-12-20(18)25-14-19-15-26-22(16-24(19)28-25)21-9-6-7-10-23(21)27-26/h6-7,9-16H,3-5,8H2,1-2H3. The van der Waals surface area contributed by atoms with Crippen molar-refractivity contribution in [2.24, 2.45) is 0 Å². The molecule has 0 atom stereocenters. The highest BCUT2D eigenvalue weighted by Gasteiger charge is 2.14. The number of fused-ring (bicyclic) bond motifs is 4. The van der Waals surface area contributed by atoms with Crippen LogP contribution < -0.4 is 0 Å². The Balaban J connectivity index is 1.63. The Hall–Kier alpha value is -3.00. The van der Waals surface area contributed by atoms with Gasteiger partial charge in [0.2, 0.25) is 0 Å². The molecular weight excluding hydrogens is 344 g/mol. The molecule has 5 aromatic rings. The number of aryl methyl sites for hydroxylation is 2. The third-order valence-electron chi connectivity index (χ3n) is 5.59. The Morgan fingerprint density at radius 2 is 1.64 bits per heavy atom. The molecule has 0 amide bonds. The van der Waals surface area contributed by atoms with Crippen molar-refractivity contribution in [1.29, 1.82) is 0 Å². The summed E-state index contributed by atoms with van der Waals surface area (Å²) >= 11 is 0. The first-order chi connectivity index (χ1) is 13.7. The van der Waals surface area contributed by atoms with Crippen molar-refractivity contribution >= 4 is 32.9 Å². The van der Waals surface area contributed by atoms with Gasteiger partial charge in [0.1, 0.15) is 22.5 Å². The zero-order chi connectivity index (χ0) is 19.1. The van der Waals surface area contributed by atoms with Gasteiger partial charge >= 0.3 is 0 Å². The average molecular weight is 368 g/mol. The van der Waals surface area contributed by atoms with Crippen molar-refractivity contribution in [3.8, 4) is 11.3 Å². The van der Waals surface area contributed by atoms with Crippen LogP contribution in [-0.2, 0) is 6.42 Å². The zero-order valence-corrected chi connectivity index (χ0v) is 16.4. The molecule has 2 heteroatoms. The minimum absolute atomic E-state index is 0.910. The lowest BCUT2D eigenvalue weighted by Gasteiger charge is -2.08. The first kappa shape index (κ1) is 17.1. The van der Waals surface area contributed by atoms with Gasteiger partial charge in [-0.2, -0.15) is 0 Å². The van der Waals surface area contributed by atoms with Crippen LogP contribution in [0.2, 0.25) is 0 Å². The second kappa shape index (κ2) is 6.87. The summed E-state index contributed by atoms with van der Waals surface area (Å²) in [7, 11) is 0. The van der Waals surface area contributed by atoms with E-state index in [2.05, 4.69) is 56.3 Å². The van der Waals surface area contributed by atoms with Crippen LogP contribution >= 0.6 is 0 Å². The highest BCUT2D eigenvalue weighted by Crippen LogP contribution is 2.36. The van der Waals surface area contributed by atoms with Gasteiger partial charge in [0.05, 0.1) is 0 Å². The molecule has 0 N–H and O–H groups in total. The van der Waals surface area contributed by atoms with Crippen molar-refractivity contribution in [2.45, 2.75) is 39.5 Å². The van der Waals surface area contributed by atoms with Crippen LogP contribution in [0, 0.1) is 6.92 Å². The van der Waals surface area contributed by atoms with Crippen LogP contribution in [0.3, 0.4) is 0 Å². The van der Waals surface area contributed by atoms with E-state index in [1.807, 2.05) is 18.2 Å². The number of para-hydroxylation sites is 1. The summed E-state index contributed by atoms with van der Waals surface area (Å²) in [6.45, 7) is 4.40. The van der Waals surface area contributed by atoms with E-state index < -0.39 is 0 Å². The Labute approximate surface area is 164 Å². The molecule has 140 valence electrons. The molecule has 5 rings (SSSR count). The monoisotopic (exact) mass is 368 g/mol.